The molecule has 2 nitrogen and oxygen atoms in total. The van der Waals surface area contributed by atoms with Crippen LogP contribution in [0.1, 0.15) is 11.3 Å². The summed E-state index contributed by atoms with van der Waals surface area (Å²) < 4.78 is 18.5. The van der Waals surface area contributed by atoms with Crippen LogP contribution in [0.4, 0.5) is 4.39 Å². The third kappa shape index (κ3) is 1.61. The molecule has 0 unspecified atom stereocenters. The third-order valence-electron chi connectivity index (χ3n) is 2.03. The van der Waals surface area contributed by atoms with E-state index >= 15 is 0 Å². The fourth-order valence-corrected chi connectivity index (χ4v) is 1.55. The number of aryl methyl sites for hydroxylation is 1. The van der Waals surface area contributed by atoms with Gasteiger partial charge in [-0.2, -0.15) is 0 Å². The molecular weight excluding hydrogens is 193 g/mol. The zero-order chi connectivity index (χ0) is 9.26. The Kier molecular flexibility index (Phi) is 2.36. The average Bonchev–Trinajstić information content (AvgIpc) is 2.52. The summed E-state index contributed by atoms with van der Waals surface area (Å²) >= 11 is 5.51. The fourth-order valence-electron chi connectivity index (χ4n) is 1.37. The first-order valence-electron chi connectivity index (χ1n) is 4.18. The normalized spacial score (nSPS) is 14.0. The number of aromatic nitrogens is 1. The van der Waals surface area contributed by atoms with E-state index in [4.69, 9.17) is 16.3 Å². The van der Waals surface area contributed by atoms with Gasteiger partial charge in [-0.25, -0.2) is 9.37 Å². The van der Waals surface area contributed by atoms with E-state index in [1.165, 1.54) is 6.07 Å². The van der Waals surface area contributed by atoms with E-state index in [-0.39, 0.29) is 5.82 Å². The molecule has 2 heterocycles. The summed E-state index contributed by atoms with van der Waals surface area (Å²) in [5.74, 6) is 0.675. The molecule has 0 saturated heterocycles. The monoisotopic (exact) mass is 201 g/mol. The van der Waals surface area contributed by atoms with E-state index in [0.717, 1.165) is 12.0 Å². The molecule has 0 aromatic carbocycles. The Hall–Kier alpha value is -0.830. The standard InChI is InChI=1S/C9H9ClFNO/c10-3-1-8-7(11)5-6-2-4-13-9(6)12-8/h5H,1-4H2. The molecule has 0 saturated carbocycles. The van der Waals surface area contributed by atoms with Crippen molar-refractivity contribution >= 4 is 11.6 Å². The SMILES string of the molecule is Fc1cc2c(nc1CCCl)OCC2. The average molecular weight is 202 g/mol. The van der Waals surface area contributed by atoms with Gasteiger partial charge in [0.1, 0.15) is 5.82 Å². The second kappa shape index (κ2) is 3.50. The van der Waals surface area contributed by atoms with Crippen LogP contribution < -0.4 is 4.74 Å². The maximum Gasteiger partial charge on any atom is 0.217 e. The molecular formula is C9H9ClFNO. The summed E-state index contributed by atoms with van der Waals surface area (Å²) in [5.41, 5.74) is 1.26. The molecule has 13 heavy (non-hydrogen) atoms. The molecule has 0 aliphatic carbocycles. The van der Waals surface area contributed by atoms with Gasteiger partial charge in [0.25, 0.3) is 0 Å². The lowest BCUT2D eigenvalue weighted by Crippen LogP contribution is -1.98. The van der Waals surface area contributed by atoms with Gasteiger partial charge in [0.05, 0.1) is 12.3 Å². The molecule has 0 N–H and O–H groups in total. The maximum atomic E-state index is 13.3. The molecule has 0 atom stereocenters. The molecule has 0 amide bonds. The lowest BCUT2D eigenvalue weighted by atomic mass is 10.2. The molecule has 4 heteroatoms. The van der Waals surface area contributed by atoms with Gasteiger partial charge in [-0.05, 0) is 6.07 Å². The van der Waals surface area contributed by atoms with E-state index in [1.807, 2.05) is 0 Å². The molecule has 1 aliphatic rings. The van der Waals surface area contributed by atoms with Crippen LogP contribution in [0.5, 0.6) is 5.88 Å². The Morgan fingerprint density at radius 3 is 3.23 bits per heavy atom. The van der Waals surface area contributed by atoms with Crippen LogP contribution >= 0.6 is 11.6 Å². The number of hydrogen-bond acceptors (Lipinski definition) is 2. The van der Waals surface area contributed by atoms with Gasteiger partial charge in [-0.1, -0.05) is 0 Å². The van der Waals surface area contributed by atoms with Crippen molar-refractivity contribution in [3.05, 3.63) is 23.1 Å². The van der Waals surface area contributed by atoms with E-state index in [2.05, 4.69) is 4.98 Å². The van der Waals surface area contributed by atoms with Gasteiger partial charge >= 0.3 is 0 Å². The fraction of sp³-hybridized carbons (Fsp3) is 0.444. The molecule has 0 bridgehead atoms. The molecule has 1 aromatic heterocycles. The third-order valence-corrected chi connectivity index (χ3v) is 2.22. The van der Waals surface area contributed by atoms with Crippen LogP contribution in [-0.2, 0) is 12.8 Å². The summed E-state index contributed by atoms with van der Waals surface area (Å²) in [5, 5.41) is 0. The quantitative estimate of drug-likeness (QED) is 0.683. The number of ether oxygens (including phenoxy) is 1. The van der Waals surface area contributed by atoms with Crippen molar-refractivity contribution in [1.29, 1.82) is 0 Å². The van der Waals surface area contributed by atoms with E-state index in [0.29, 0.717) is 30.5 Å². The molecule has 0 radical (unpaired) electrons. The number of nitrogens with zero attached hydrogens (tertiary/aromatic N) is 1. The molecule has 0 fully saturated rings. The minimum atomic E-state index is -0.273. The van der Waals surface area contributed by atoms with E-state index in [9.17, 15) is 4.39 Å². The lowest BCUT2D eigenvalue weighted by molar-refractivity contribution is 0.343. The topological polar surface area (TPSA) is 22.1 Å². The second-order valence-electron chi connectivity index (χ2n) is 2.92. The van der Waals surface area contributed by atoms with Crippen molar-refractivity contribution in [1.82, 2.24) is 4.98 Å². The summed E-state index contributed by atoms with van der Waals surface area (Å²) in [6.45, 7) is 0.603. The predicted molar refractivity (Wildman–Crippen MR) is 47.8 cm³/mol. The van der Waals surface area contributed by atoms with Crippen molar-refractivity contribution in [2.75, 3.05) is 12.5 Å². The van der Waals surface area contributed by atoms with Gasteiger partial charge < -0.3 is 4.74 Å². The Labute approximate surface area is 80.7 Å². The second-order valence-corrected chi connectivity index (χ2v) is 3.30. The summed E-state index contributed by atoms with van der Waals surface area (Å²) in [6.07, 6.45) is 1.20. The first-order valence-corrected chi connectivity index (χ1v) is 4.72. The van der Waals surface area contributed by atoms with Gasteiger partial charge in [-0.15, -0.1) is 11.6 Å². The summed E-state index contributed by atoms with van der Waals surface area (Å²) in [6, 6.07) is 1.50. The Morgan fingerprint density at radius 2 is 2.46 bits per heavy atom. The number of fused-ring (bicyclic) bond motifs is 1. The highest BCUT2D eigenvalue weighted by molar-refractivity contribution is 6.17. The van der Waals surface area contributed by atoms with Gasteiger partial charge in [0.15, 0.2) is 0 Å². The highest BCUT2D eigenvalue weighted by atomic mass is 35.5. The number of rotatable bonds is 2. The molecule has 0 spiro atoms. The van der Waals surface area contributed by atoms with Crippen LogP contribution in [0.2, 0.25) is 0 Å². The molecule has 1 aromatic rings. The van der Waals surface area contributed by atoms with Crippen molar-refractivity contribution in [2.24, 2.45) is 0 Å². The number of pyridine rings is 1. The van der Waals surface area contributed by atoms with Crippen molar-refractivity contribution in [3.63, 3.8) is 0 Å². The summed E-state index contributed by atoms with van der Waals surface area (Å²) in [7, 11) is 0. The maximum absolute atomic E-state index is 13.3. The minimum Gasteiger partial charge on any atom is -0.477 e. The molecule has 70 valence electrons. The number of alkyl halides is 1. The van der Waals surface area contributed by atoms with E-state index < -0.39 is 0 Å². The van der Waals surface area contributed by atoms with Crippen LogP contribution in [-0.4, -0.2) is 17.5 Å². The number of hydrogen-bond donors (Lipinski definition) is 0. The van der Waals surface area contributed by atoms with Gasteiger partial charge in [-0.3, -0.25) is 0 Å². The molecule has 1 aliphatic heterocycles. The highest BCUT2D eigenvalue weighted by Crippen LogP contribution is 2.24. The van der Waals surface area contributed by atoms with Crippen LogP contribution in [0, 0.1) is 5.82 Å². The van der Waals surface area contributed by atoms with Gasteiger partial charge in [0.2, 0.25) is 5.88 Å². The molecule has 2 rings (SSSR count). The Bertz CT molecular complexity index is 330. The zero-order valence-corrected chi connectivity index (χ0v) is 7.77. The predicted octanol–water partition coefficient (Wildman–Crippen LogP) is 1.94. The highest BCUT2D eigenvalue weighted by Gasteiger charge is 2.17. The van der Waals surface area contributed by atoms with Crippen molar-refractivity contribution < 1.29 is 9.13 Å². The Balaban J connectivity index is 2.37. The van der Waals surface area contributed by atoms with E-state index in [1.54, 1.807) is 0 Å². The summed E-state index contributed by atoms with van der Waals surface area (Å²) in [4.78, 5) is 4.06. The van der Waals surface area contributed by atoms with Crippen LogP contribution in [0.3, 0.4) is 0 Å². The first-order chi connectivity index (χ1) is 6.31. The van der Waals surface area contributed by atoms with Crippen LogP contribution in [0.25, 0.3) is 0 Å². The lowest BCUT2D eigenvalue weighted by Gasteiger charge is -2.02. The first kappa shape index (κ1) is 8.75. The largest absolute Gasteiger partial charge is 0.477 e. The minimum absolute atomic E-state index is 0.273. The van der Waals surface area contributed by atoms with Gasteiger partial charge in [0, 0.05) is 24.3 Å². The number of halogens is 2. The zero-order valence-electron chi connectivity index (χ0n) is 7.02. The Morgan fingerprint density at radius 1 is 1.62 bits per heavy atom. The van der Waals surface area contributed by atoms with Crippen molar-refractivity contribution in [3.8, 4) is 5.88 Å². The van der Waals surface area contributed by atoms with Crippen LogP contribution in [0.15, 0.2) is 6.07 Å². The smallest absolute Gasteiger partial charge is 0.217 e. The van der Waals surface area contributed by atoms with Crippen molar-refractivity contribution in [2.45, 2.75) is 12.8 Å².